The number of hydrogen-bond acceptors (Lipinski definition) is 2. The van der Waals surface area contributed by atoms with Gasteiger partial charge in [0.05, 0.1) is 11.8 Å². The van der Waals surface area contributed by atoms with E-state index in [9.17, 15) is 4.79 Å². The molecule has 0 spiro atoms. The van der Waals surface area contributed by atoms with Gasteiger partial charge < -0.3 is 5.11 Å². The Morgan fingerprint density at radius 3 is 3.18 bits per heavy atom. The van der Waals surface area contributed by atoms with E-state index in [-0.39, 0.29) is 6.42 Å². The van der Waals surface area contributed by atoms with Crippen molar-refractivity contribution in [2.45, 2.75) is 6.42 Å². The zero-order valence-electron chi connectivity index (χ0n) is 5.66. The third-order valence-electron chi connectivity index (χ3n) is 0.971. The molecule has 1 aromatic rings. The topological polar surface area (TPSA) is 66.0 Å². The van der Waals surface area contributed by atoms with Gasteiger partial charge in [0.25, 0.3) is 0 Å². The molecule has 56 valence electrons. The first-order valence-corrected chi connectivity index (χ1v) is 2.98. The van der Waals surface area contributed by atoms with Gasteiger partial charge in [0.15, 0.2) is 0 Å². The van der Waals surface area contributed by atoms with Crippen LogP contribution in [-0.4, -0.2) is 21.3 Å². The van der Waals surface area contributed by atoms with Gasteiger partial charge >= 0.3 is 5.97 Å². The number of rotatable bonds is 1. The van der Waals surface area contributed by atoms with E-state index >= 15 is 0 Å². The second kappa shape index (κ2) is 3.42. The minimum atomic E-state index is -0.916. The van der Waals surface area contributed by atoms with Crippen LogP contribution in [0.25, 0.3) is 0 Å². The quantitative estimate of drug-likeness (QED) is 0.563. The summed E-state index contributed by atoms with van der Waals surface area (Å²) in [5.74, 6) is 4.19. The highest BCUT2D eigenvalue weighted by Gasteiger charge is 1.89. The molecule has 0 saturated heterocycles. The Kier molecular flexibility index (Phi) is 2.28. The number of carboxylic acid groups (broad SMARTS) is 1. The van der Waals surface area contributed by atoms with Gasteiger partial charge in [0.1, 0.15) is 6.42 Å². The van der Waals surface area contributed by atoms with Gasteiger partial charge in [-0.1, -0.05) is 11.8 Å². The Bertz CT molecular complexity index is 292. The summed E-state index contributed by atoms with van der Waals surface area (Å²) in [4.78, 5) is 10.0. The molecule has 0 radical (unpaired) electrons. The van der Waals surface area contributed by atoms with Gasteiger partial charge in [-0.2, -0.15) is 5.10 Å². The van der Waals surface area contributed by atoms with Crippen molar-refractivity contribution >= 4 is 5.97 Å². The first-order valence-electron chi connectivity index (χ1n) is 2.98. The van der Waals surface area contributed by atoms with Crippen LogP contribution in [0.2, 0.25) is 0 Å². The van der Waals surface area contributed by atoms with E-state index in [1.165, 1.54) is 6.20 Å². The molecule has 0 aromatic carbocycles. The lowest BCUT2D eigenvalue weighted by molar-refractivity contribution is -0.135. The number of nitrogens with zero attached hydrogens (tertiary/aromatic N) is 1. The van der Waals surface area contributed by atoms with E-state index in [1.807, 2.05) is 0 Å². The van der Waals surface area contributed by atoms with Gasteiger partial charge in [0.2, 0.25) is 0 Å². The van der Waals surface area contributed by atoms with Crippen LogP contribution in [0, 0.1) is 11.8 Å². The molecule has 4 nitrogen and oxygen atoms in total. The zero-order chi connectivity index (χ0) is 8.10. The molecule has 0 aliphatic carbocycles. The predicted octanol–water partition coefficient (Wildman–Crippen LogP) is 0.236. The van der Waals surface area contributed by atoms with Gasteiger partial charge in [-0.3, -0.25) is 9.89 Å². The van der Waals surface area contributed by atoms with E-state index in [0.717, 1.165) is 0 Å². The van der Waals surface area contributed by atoms with Crippen molar-refractivity contribution in [3.8, 4) is 11.8 Å². The number of aliphatic carboxylic acids is 1. The van der Waals surface area contributed by atoms with Crippen molar-refractivity contribution in [2.75, 3.05) is 0 Å². The molecule has 0 amide bonds. The molecule has 4 heteroatoms. The average Bonchev–Trinajstić information content (AvgIpc) is 2.39. The highest BCUT2D eigenvalue weighted by Crippen LogP contribution is 1.88. The minimum Gasteiger partial charge on any atom is -0.481 e. The molecular formula is C7H6N2O2. The SMILES string of the molecule is O=C(O)CC#Cc1cn[nH]c1. The molecule has 1 aromatic heterocycles. The van der Waals surface area contributed by atoms with Crippen LogP contribution in [0.5, 0.6) is 0 Å². The highest BCUT2D eigenvalue weighted by atomic mass is 16.4. The molecule has 0 atom stereocenters. The number of hydrogen-bond donors (Lipinski definition) is 2. The Labute approximate surface area is 63.2 Å². The number of aromatic amines is 1. The fraction of sp³-hybridized carbons (Fsp3) is 0.143. The lowest BCUT2D eigenvalue weighted by atomic mass is 10.3. The summed E-state index contributed by atoms with van der Waals surface area (Å²) in [5, 5.41) is 14.4. The third kappa shape index (κ3) is 2.54. The molecule has 0 saturated carbocycles. The third-order valence-corrected chi connectivity index (χ3v) is 0.971. The summed E-state index contributed by atoms with van der Waals surface area (Å²) < 4.78 is 0. The summed E-state index contributed by atoms with van der Waals surface area (Å²) >= 11 is 0. The maximum absolute atomic E-state index is 10.0. The molecule has 1 rings (SSSR count). The first kappa shape index (κ1) is 7.35. The fourth-order valence-electron chi connectivity index (χ4n) is 0.541. The zero-order valence-corrected chi connectivity index (χ0v) is 5.66. The van der Waals surface area contributed by atoms with Crippen LogP contribution < -0.4 is 0 Å². The summed E-state index contributed by atoms with van der Waals surface area (Å²) in [7, 11) is 0. The monoisotopic (exact) mass is 150 g/mol. The fourth-order valence-corrected chi connectivity index (χ4v) is 0.541. The molecule has 11 heavy (non-hydrogen) atoms. The van der Waals surface area contributed by atoms with Crippen molar-refractivity contribution < 1.29 is 9.90 Å². The van der Waals surface area contributed by atoms with Crippen molar-refractivity contribution in [3.05, 3.63) is 18.0 Å². The normalized spacial score (nSPS) is 8.36. The van der Waals surface area contributed by atoms with E-state index in [2.05, 4.69) is 22.0 Å². The molecular weight excluding hydrogens is 144 g/mol. The first-order chi connectivity index (χ1) is 5.29. The molecule has 0 unspecified atom stereocenters. The van der Waals surface area contributed by atoms with E-state index in [0.29, 0.717) is 5.56 Å². The van der Waals surface area contributed by atoms with Crippen LogP contribution in [0.15, 0.2) is 12.4 Å². The Hall–Kier alpha value is -1.76. The lowest BCUT2D eigenvalue weighted by Crippen LogP contribution is -1.89. The van der Waals surface area contributed by atoms with E-state index < -0.39 is 5.97 Å². The molecule has 1 heterocycles. The number of carbonyl (C=O) groups is 1. The average molecular weight is 150 g/mol. The molecule has 0 bridgehead atoms. The predicted molar refractivity (Wildman–Crippen MR) is 37.7 cm³/mol. The van der Waals surface area contributed by atoms with Crippen molar-refractivity contribution in [1.29, 1.82) is 0 Å². The van der Waals surface area contributed by atoms with Crippen molar-refractivity contribution in [2.24, 2.45) is 0 Å². The largest absolute Gasteiger partial charge is 0.481 e. The maximum atomic E-state index is 10.0. The molecule has 0 aliphatic rings. The number of aromatic nitrogens is 2. The molecule has 2 N–H and O–H groups in total. The van der Waals surface area contributed by atoms with Crippen molar-refractivity contribution in [1.82, 2.24) is 10.2 Å². The summed E-state index contributed by atoms with van der Waals surface area (Å²) in [5.41, 5.74) is 0.700. The van der Waals surface area contributed by atoms with Crippen molar-refractivity contribution in [3.63, 3.8) is 0 Å². The van der Waals surface area contributed by atoms with Gasteiger partial charge in [-0.25, -0.2) is 0 Å². The summed E-state index contributed by atoms with van der Waals surface area (Å²) in [6.45, 7) is 0. The number of nitrogens with one attached hydrogen (secondary N) is 1. The van der Waals surface area contributed by atoms with Crippen LogP contribution in [0.1, 0.15) is 12.0 Å². The Morgan fingerprint density at radius 1 is 1.82 bits per heavy atom. The van der Waals surface area contributed by atoms with Gasteiger partial charge in [0, 0.05) is 6.20 Å². The van der Waals surface area contributed by atoms with Crippen LogP contribution in [-0.2, 0) is 4.79 Å². The number of H-pyrrole nitrogens is 1. The molecule has 0 aliphatic heterocycles. The van der Waals surface area contributed by atoms with Crippen LogP contribution in [0.4, 0.5) is 0 Å². The number of carboxylic acids is 1. The van der Waals surface area contributed by atoms with Gasteiger partial charge in [-0.15, -0.1) is 0 Å². The minimum absolute atomic E-state index is 0.134. The van der Waals surface area contributed by atoms with E-state index in [1.54, 1.807) is 6.20 Å². The van der Waals surface area contributed by atoms with Crippen LogP contribution in [0.3, 0.4) is 0 Å². The summed E-state index contributed by atoms with van der Waals surface area (Å²) in [6, 6.07) is 0. The second-order valence-corrected chi connectivity index (χ2v) is 1.86. The Balaban J connectivity index is 2.52. The highest BCUT2D eigenvalue weighted by molar-refractivity contribution is 5.70. The van der Waals surface area contributed by atoms with Gasteiger partial charge in [-0.05, 0) is 0 Å². The summed E-state index contributed by atoms with van der Waals surface area (Å²) in [6.07, 6.45) is 3.01. The smallest absolute Gasteiger partial charge is 0.315 e. The Morgan fingerprint density at radius 2 is 2.64 bits per heavy atom. The lowest BCUT2D eigenvalue weighted by Gasteiger charge is -1.77. The van der Waals surface area contributed by atoms with Crippen LogP contribution >= 0.6 is 0 Å². The molecule has 0 fully saturated rings. The second-order valence-electron chi connectivity index (χ2n) is 1.86. The van der Waals surface area contributed by atoms with E-state index in [4.69, 9.17) is 5.11 Å². The standard InChI is InChI=1S/C7H6N2O2/c10-7(11)3-1-2-6-4-8-9-5-6/h4-5H,3H2,(H,8,9)(H,10,11). The maximum Gasteiger partial charge on any atom is 0.315 e.